The zero-order valence-corrected chi connectivity index (χ0v) is 12.8. The fourth-order valence-corrected chi connectivity index (χ4v) is 3.19. The van der Waals surface area contributed by atoms with Gasteiger partial charge < -0.3 is 4.90 Å². The van der Waals surface area contributed by atoms with Gasteiger partial charge in [0.1, 0.15) is 16.3 Å². The molecule has 0 unspecified atom stereocenters. The number of hydrogen-bond donors (Lipinski definition) is 0. The largest absolute Gasteiger partial charge is 0.338 e. The van der Waals surface area contributed by atoms with Gasteiger partial charge in [0.15, 0.2) is 5.82 Å². The molecule has 1 aromatic carbocycles. The Morgan fingerprint density at radius 3 is 2.38 bits per heavy atom. The number of amides is 1. The van der Waals surface area contributed by atoms with Gasteiger partial charge in [0.05, 0.1) is 0 Å². The predicted octanol–water partition coefficient (Wildman–Crippen LogP) is 2.76. The second-order valence-electron chi connectivity index (χ2n) is 5.15. The second kappa shape index (κ2) is 5.88. The van der Waals surface area contributed by atoms with E-state index in [0.29, 0.717) is 25.1 Å². The molecule has 1 aromatic rings. The first-order chi connectivity index (χ1) is 9.71. The Hall–Kier alpha value is -1.21. The predicted molar refractivity (Wildman–Crippen MR) is 73.7 cm³/mol. The molecule has 0 spiro atoms. The van der Waals surface area contributed by atoms with Crippen molar-refractivity contribution in [2.24, 2.45) is 5.92 Å². The standard InChI is InChI=1S/C13H14ClF2NO3S/c1-8-4-6-17(7-5-8)13(18)11-9(15)2-3-10(12(11)16)21(14,19)20/h2-3,8H,4-7H2,1H3. The molecule has 1 heterocycles. The maximum atomic E-state index is 14.2. The topological polar surface area (TPSA) is 54.5 Å². The fraction of sp³-hybridized carbons (Fsp3) is 0.462. The lowest BCUT2D eigenvalue weighted by Crippen LogP contribution is -2.38. The summed E-state index contributed by atoms with van der Waals surface area (Å²) >= 11 is 0. The van der Waals surface area contributed by atoms with Crippen LogP contribution >= 0.6 is 10.7 Å². The highest BCUT2D eigenvalue weighted by molar-refractivity contribution is 8.13. The van der Waals surface area contributed by atoms with Gasteiger partial charge in [-0.2, -0.15) is 0 Å². The Balaban J connectivity index is 2.41. The summed E-state index contributed by atoms with van der Waals surface area (Å²) in [6, 6.07) is 1.44. The SMILES string of the molecule is CC1CCN(C(=O)c2c(F)ccc(S(=O)(=O)Cl)c2F)CC1. The molecule has 8 heteroatoms. The summed E-state index contributed by atoms with van der Waals surface area (Å²) in [4.78, 5) is 12.7. The number of piperidine rings is 1. The zero-order valence-electron chi connectivity index (χ0n) is 11.3. The molecule has 0 bridgehead atoms. The summed E-state index contributed by atoms with van der Waals surface area (Å²) in [5.74, 6) is -2.94. The van der Waals surface area contributed by atoms with Crippen molar-refractivity contribution in [2.45, 2.75) is 24.7 Å². The van der Waals surface area contributed by atoms with Crippen LogP contribution in [0.3, 0.4) is 0 Å². The molecule has 1 aliphatic heterocycles. The van der Waals surface area contributed by atoms with Gasteiger partial charge >= 0.3 is 0 Å². The number of benzene rings is 1. The lowest BCUT2D eigenvalue weighted by atomic mass is 9.98. The number of hydrogen-bond acceptors (Lipinski definition) is 3. The highest BCUT2D eigenvalue weighted by atomic mass is 35.7. The molecule has 0 aliphatic carbocycles. The average Bonchev–Trinajstić information content (AvgIpc) is 2.37. The molecule has 1 saturated heterocycles. The van der Waals surface area contributed by atoms with Crippen molar-refractivity contribution in [1.29, 1.82) is 0 Å². The minimum Gasteiger partial charge on any atom is -0.338 e. The maximum absolute atomic E-state index is 14.2. The van der Waals surface area contributed by atoms with Crippen LogP contribution in [0.1, 0.15) is 30.1 Å². The molecule has 0 N–H and O–H groups in total. The van der Waals surface area contributed by atoms with Gasteiger partial charge in [0.2, 0.25) is 0 Å². The van der Waals surface area contributed by atoms with Crippen LogP contribution in [0.15, 0.2) is 17.0 Å². The lowest BCUT2D eigenvalue weighted by Gasteiger charge is -2.30. The molecule has 0 aromatic heterocycles. The van der Waals surface area contributed by atoms with Gasteiger partial charge in [0, 0.05) is 23.8 Å². The minimum absolute atomic E-state index is 0.386. The van der Waals surface area contributed by atoms with Crippen molar-refractivity contribution in [3.8, 4) is 0 Å². The van der Waals surface area contributed by atoms with Crippen LogP contribution in [0.5, 0.6) is 0 Å². The Kier molecular flexibility index (Phi) is 4.53. The molecular formula is C13H14ClF2NO3S. The van der Waals surface area contributed by atoms with E-state index in [0.717, 1.165) is 18.9 Å². The molecule has 2 rings (SSSR count). The number of halogens is 3. The highest BCUT2D eigenvalue weighted by Gasteiger charge is 2.30. The molecule has 0 atom stereocenters. The highest BCUT2D eigenvalue weighted by Crippen LogP contribution is 2.26. The molecule has 0 radical (unpaired) electrons. The third-order valence-electron chi connectivity index (χ3n) is 3.60. The molecule has 4 nitrogen and oxygen atoms in total. The Morgan fingerprint density at radius 2 is 1.86 bits per heavy atom. The molecule has 0 saturated carbocycles. The second-order valence-corrected chi connectivity index (χ2v) is 7.68. The number of likely N-dealkylation sites (tertiary alicyclic amines) is 1. The monoisotopic (exact) mass is 337 g/mol. The van der Waals surface area contributed by atoms with Crippen LogP contribution in [0.25, 0.3) is 0 Å². The Morgan fingerprint density at radius 1 is 1.29 bits per heavy atom. The summed E-state index contributed by atoms with van der Waals surface area (Å²) in [6.45, 7) is 2.80. The average molecular weight is 338 g/mol. The van der Waals surface area contributed by atoms with Gasteiger partial charge in [-0.05, 0) is 30.9 Å². The molecule has 1 amide bonds. The van der Waals surface area contributed by atoms with Gasteiger partial charge in [-0.1, -0.05) is 6.92 Å². The number of carbonyl (C=O) groups is 1. The molecule has 21 heavy (non-hydrogen) atoms. The van der Waals surface area contributed by atoms with Crippen LogP contribution in [0.2, 0.25) is 0 Å². The number of rotatable bonds is 2. The van der Waals surface area contributed by atoms with E-state index in [4.69, 9.17) is 10.7 Å². The van der Waals surface area contributed by atoms with Gasteiger partial charge in [0.25, 0.3) is 15.0 Å². The van der Waals surface area contributed by atoms with E-state index in [1.54, 1.807) is 0 Å². The van der Waals surface area contributed by atoms with E-state index in [2.05, 4.69) is 0 Å². The normalized spacial score (nSPS) is 17.0. The summed E-state index contributed by atoms with van der Waals surface area (Å²) in [5, 5.41) is 0. The quantitative estimate of drug-likeness (QED) is 0.780. The van der Waals surface area contributed by atoms with Crippen LogP contribution < -0.4 is 0 Å². The third kappa shape index (κ3) is 3.35. The lowest BCUT2D eigenvalue weighted by molar-refractivity contribution is 0.0686. The van der Waals surface area contributed by atoms with Crippen LogP contribution in [0.4, 0.5) is 8.78 Å². The van der Waals surface area contributed by atoms with E-state index >= 15 is 0 Å². The summed E-state index contributed by atoms with van der Waals surface area (Å²) < 4.78 is 50.4. The van der Waals surface area contributed by atoms with E-state index in [-0.39, 0.29) is 0 Å². The molecule has 1 fully saturated rings. The van der Waals surface area contributed by atoms with Gasteiger partial charge in [-0.25, -0.2) is 17.2 Å². The van der Waals surface area contributed by atoms with Crippen LogP contribution in [-0.2, 0) is 9.05 Å². The van der Waals surface area contributed by atoms with Crippen molar-refractivity contribution in [3.63, 3.8) is 0 Å². The van der Waals surface area contributed by atoms with Crippen LogP contribution in [0, 0.1) is 17.6 Å². The van der Waals surface area contributed by atoms with Crippen molar-refractivity contribution in [2.75, 3.05) is 13.1 Å². The summed E-state index contributed by atoms with van der Waals surface area (Å²) in [6.07, 6.45) is 1.48. The molecule has 116 valence electrons. The summed E-state index contributed by atoms with van der Waals surface area (Å²) in [5.41, 5.74) is -0.869. The van der Waals surface area contributed by atoms with Gasteiger partial charge in [-0.15, -0.1) is 0 Å². The number of carbonyl (C=O) groups excluding carboxylic acids is 1. The van der Waals surface area contributed by atoms with Crippen molar-refractivity contribution < 1.29 is 22.0 Å². The third-order valence-corrected chi connectivity index (χ3v) is 4.94. The number of nitrogens with zero attached hydrogens (tertiary/aromatic N) is 1. The Labute approximate surface area is 126 Å². The minimum atomic E-state index is -4.39. The molecule has 1 aliphatic rings. The van der Waals surface area contributed by atoms with Crippen LogP contribution in [-0.4, -0.2) is 32.3 Å². The first-order valence-corrected chi connectivity index (χ1v) is 8.74. The van der Waals surface area contributed by atoms with E-state index in [1.165, 1.54) is 4.90 Å². The Bertz CT molecular complexity index is 670. The smallest absolute Gasteiger partial charge is 0.264 e. The van der Waals surface area contributed by atoms with Gasteiger partial charge in [-0.3, -0.25) is 4.79 Å². The van der Waals surface area contributed by atoms with Crippen molar-refractivity contribution >= 4 is 25.6 Å². The summed E-state index contributed by atoms with van der Waals surface area (Å²) in [7, 11) is 0.697. The zero-order chi connectivity index (χ0) is 15.8. The van der Waals surface area contributed by atoms with Crippen molar-refractivity contribution in [3.05, 3.63) is 29.3 Å². The van der Waals surface area contributed by atoms with Crippen molar-refractivity contribution in [1.82, 2.24) is 4.90 Å². The first kappa shape index (κ1) is 16.2. The fourth-order valence-electron chi connectivity index (χ4n) is 2.29. The van der Waals surface area contributed by atoms with E-state index in [9.17, 15) is 22.0 Å². The first-order valence-electron chi connectivity index (χ1n) is 6.43. The molecular weight excluding hydrogens is 324 g/mol. The maximum Gasteiger partial charge on any atom is 0.264 e. The van der Waals surface area contributed by atoms with E-state index in [1.807, 2.05) is 6.92 Å². The van der Waals surface area contributed by atoms with E-state index < -0.39 is 37.1 Å².